The van der Waals surface area contributed by atoms with Crippen molar-refractivity contribution in [3.8, 4) is 11.8 Å². The van der Waals surface area contributed by atoms with Crippen LogP contribution in [0.15, 0.2) is 18.2 Å². The highest BCUT2D eigenvalue weighted by Crippen LogP contribution is 2.24. The summed E-state index contributed by atoms with van der Waals surface area (Å²) in [4.78, 5) is 0. The maximum absolute atomic E-state index is 8.41. The van der Waals surface area contributed by atoms with Gasteiger partial charge in [0.2, 0.25) is 0 Å². The second-order valence-corrected chi connectivity index (χ2v) is 3.39. The summed E-state index contributed by atoms with van der Waals surface area (Å²) in [6.45, 7) is 2.84. The first-order valence-corrected chi connectivity index (χ1v) is 5.03. The number of hydrogen-bond acceptors (Lipinski definition) is 3. The Morgan fingerprint density at radius 2 is 2.27 bits per heavy atom. The summed E-state index contributed by atoms with van der Waals surface area (Å²) in [7, 11) is 1.66. The van der Waals surface area contributed by atoms with Crippen LogP contribution >= 0.6 is 0 Å². The predicted octanol–water partition coefficient (Wildman–Crippen LogP) is 2.72. The molecule has 1 N–H and O–H groups in total. The molecule has 0 saturated carbocycles. The zero-order valence-corrected chi connectivity index (χ0v) is 9.21. The van der Waals surface area contributed by atoms with Gasteiger partial charge >= 0.3 is 0 Å². The number of ether oxygens (including phenoxy) is 1. The highest BCUT2D eigenvalue weighted by Gasteiger charge is 2.01. The number of aryl methyl sites for hydroxylation is 1. The highest BCUT2D eigenvalue weighted by molar-refractivity contribution is 5.57. The van der Waals surface area contributed by atoms with E-state index in [1.54, 1.807) is 7.11 Å². The molecule has 0 fully saturated rings. The van der Waals surface area contributed by atoms with Crippen molar-refractivity contribution in [2.24, 2.45) is 0 Å². The van der Waals surface area contributed by atoms with Gasteiger partial charge in [-0.05, 0) is 31.0 Å². The monoisotopic (exact) mass is 204 g/mol. The molecular formula is C12H16N2O. The summed E-state index contributed by atoms with van der Waals surface area (Å²) in [5.41, 5.74) is 2.19. The van der Waals surface area contributed by atoms with E-state index in [2.05, 4.69) is 11.4 Å². The number of nitrogens with one attached hydrogen (secondary N) is 1. The quantitative estimate of drug-likeness (QED) is 0.750. The topological polar surface area (TPSA) is 45.0 Å². The molecule has 0 bridgehead atoms. The second-order valence-electron chi connectivity index (χ2n) is 3.39. The van der Waals surface area contributed by atoms with E-state index in [0.29, 0.717) is 6.42 Å². The molecule has 0 aliphatic carbocycles. The van der Waals surface area contributed by atoms with Crippen molar-refractivity contribution in [3.05, 3.63) is 23.8 Å². The second kappa shape index (κ2) is 5.92. The van der Waals surface area contributed by atoms with Crippen LogP contribution in [0.1, 0.15) is 18.4 Å². The number of unbranched alkanes of at least 4 members (excludes halogenated alkanes) is 1. The number of nitriles is 1. The van der Waals surface area contributed by atoms with E-state index < -0.39 is 0 Å². The molecule has 1 rings (SSSR count). The first-order valence-electron chi connectivity index (χ1n) is 5.03. The van der Waals surface area contributed by atoms with Gasteiger partial charge < -0.3 is 10.1 Å². The van der Waals surface area contributed by atoms with Crippen LogP contribution in [-0.2, 0) is 0 Å². The predicted molar refractivity (Wildman–Crippen MR) is 61.1 cm³/mol. The fourth-order valence-electron chi connectivity index (χ4n) is 1.35. The smallest absolute Gasteiger partial charge is 0.141 e. The van der Waals surface area contributed by atoms with Gasteiger partial charge in [0.1, 0.15) is 5.75 Å². The third kappa shape index (κ3) is 3.51. The fourth-order valence-corrected chi connectivity index (χ4v) is 1.35. The lowest BCUT2D eigenvalue weighted by Gasteiger charge is -2.11. The summed E-state index contributed by atoms with van der Waals surface area (Å²) in [5.74, 6) is 0.845. The van der Waals surface area contributed by atoms with Gasteiger partial charge in [-0.3, -0.25) is 0 Å². The van der Waals surface area contributed by atoms with Crippen molar-refractivity contribution < 1.29 is 4.74 Å². The average Bonchev–Trinajstić information content (AvgIpc) is 2.25. The van der Waals surface area contributed by atoms with Gasteiger partial charge in [-0.15, -0.1) is 0 Å². The molecule has 0 atom stereocenters. The lowest BCUT2D eigenvalue weighted by Crippen LogP contribution is -2.03. The van der Waals surface area contributed by atoms with Gasteiger partial charge in [0, 0.05) is 13.0 Å². The van der Waals surface area contributed by atoms with Crippen LogP contribution in [0.2, 0.25) is 0 Å². The summed E-state index contributed by atoms with van der Waals surface area (Å²) < 4.78 is 5.23. The number of rotatable bonds is 5. The van der Waals surface area contributed by atoms with Crippen LogP contribution in [0.3, 0.4) is 0 Å². The Morgan fingerprint density at radius 1 is 1.47 bits per heavy atom. The Balaban J connectivity index is 2.58. The summed E-state index contributed by atoms with van der Waals surface area (Å²) in [6.07, 6.45) is 1.44. The van der Waals surface area contributed by atoms with Crippen LogP contribution < -0.4 is 10.1 Å². The molecule has 0 radical (unpaired) electrons. The van der Waals surface area contributed by atoms with Crippen molar-refractivity contribution in [1.29, 1.82) is 5.26 Å². The van der Waals surface area contributed by atoms with Gasteiger partial charge in [0.15, 0.2) is 0 Å². The van der Waals surface area contributed by atoms with Crippen molar-refractivity contribution in [2.45, 2.75) is 19.8 Å². The van der Waals surface area contributed by atoms with Crippen molar-refractivity contribution in [2.75, 3.05) is 19.0 Å². The first-order chi connectivity index (χ1) is 7.27. The van der Waals surface area contributed by atoms with E-state index in [-0.39, 0.29) is 0 Å². The van der Waals surface area contributed by atoms with Crippen molar-refractivity contribution in [3.63, 3.8) is 0 Å². The SMILES string of the molecule is COc1ccc(C)cc1NCCCC#N. The lowest BCUT2D eigenvalue weighted by molar-refractivity contribution is 0.416. The molecule has 0 spiro atoms. The molecule has 0 unspecified atom stereocenters. The standard InChI is InChI=1S/C12H16N2O/c1-10-5-6-12(15-2)11(9-10)14-8-4-3-7-13/h5-6,9,14H,3-4,8H2,1-2H3. The average molecular weight is 204 g/mol. The van der Waals surface area contributed by atoms with E-state index >= 15 is 0 Å². The zero-order valence-electron chi connectivity index (χ0n) is 9.21. The molecule has 0 aromatic heterocycles. The van der Waals surface area contributed by atoms with Gasteiger partial charge in [-0.1, -0.05) is 6.07 Å². The van der Waals surface area contributed by atoms with Gasteiger partial charge in [-0.25, -0.2) is 0 Å². The summed E-state index contributed by atoms with van der Waals surface area (Å²) in [6, 6.07) is 8.13. The van der Waals surface area contributed by atoms with Crippen molar-refractivity contribution in [1.82, 2.24) is 0 Å². The Kier molecular flexibility index (Phi) is 4.49. The summed E-state index contributed by atoms with van der Waals surface area (Å²) in [5, 5.41) is 11.7. The molecular weight excluding hydrogens is 188 g/mol. The molecule has 80 valence electrons. The molecule has 0 aliphatic rings. The normalized spacial score (nSPS) is 9.40. The van der Waals surface area contributed by atoms with Gasteiger partial charge in [0.05, 0.1) is 18.9 Å². The molecule has 3 nitrogen and oxygen atoms in total. The van der Waals surface area contributed by atoms with E-state index in [9.17, 15) is 0 Å². The highest BCUT2D eigenvalue weighted by atomic mass is 16.5. The minimum atomic E-state index is 0.584. The maximum atomic E-state index is 8.41. The third-order valence-electron chi connectivity index (χ3n) is 2.14. The lowest BCUT2D eigenvalue weighted by atomic mass is 10.2. The fraction of sp³-hybridized carbons (Fsp3) is 0.417. The molecule has 0 amide bonds. The molecule has 0 aliphatic heterocycles. The maximum Gasteiger partial charge on any atom is 0.141 e. The van der Waals surface area contributed by atoms with Crippen molar-refractivity contribution >= 4 is 5.69 Å². The number of anilines is 1. The van der Waals surface area contributed by atoms with Crippen LogP contribution in [-0.4, -0.2) is 13.7 Å². The van der Waals surface area contributed by atoms with Gasteiger partial charge in [0.25, 0.3) is 0 Å². The Hall–Kier alpha value is -1.69. The van der Waals surface area contributed by atoms with Crippen LogP contribution in [0.4, 0.5) is 5.69 Å². The minimum Gasteiger partial charge on any atom is -0.495 e. The van der Waals surface area contributed by atoms with Crippen LogP contribution in [0.5, 0.6) is 5.75 Å². The number of benzene rings is 1. The minimum absolute atomic E-state index is 0.584. The van der Waals surface area contributed by atoms with Gasteiger partial charge in [-0.2, -0.15) is 5.26 Å². The van der Waals surface area contributed by atoms with E-state index in [0.717, 1.165) is 24.4 Å². The first kappa shape index (κ1) is 11.4. The van der Waals surface area contributed by atoms with E-state index in [1.165, 1.54) is 5.56 Å². The number of methoxy groups -OCH3 is 1. The third-order valence-corrected chi connectivity index (χ3v) is 2.14. The Morgan fingerprint density at radius 3 is 2.93 bits per heavy atom. The van der Waals surface area contributed by atoms with Crippen LogP contribution in [0.25, 0.3) is 0 Å². The number of hydrogen-bond donors (Lipinski definition) is 1. The molecule has 1 aromatic rings. The zero-order chi connectivity index (χ0) is 11.1. The van der Waals surface area contributed by atoms with E-state index in [1.807, 2.05) is 25.1 Å². The molecule has 0 heterocycles. The summed E-state index contributed by atoms with van der Waals surface area (Å²) >= 11 is 0. The number of nitrogens with zero attached hydrogens (tertiary/aromatic N) is 1. The largest absolute Gasteiger partial charge is 0.495 e. The Labute approximate surface area is 90.7 Å². The molecule has 1 aromatic carbocycles. The molecule has 0 saturated heterocycles. The Bertz CT molecular complexity index is 355. The molecule has 15 heavy (non-hydrogen) atoms. The molecule has 3 heteroatoms. The van der Waals surface area contributed by atoms with E-state index in [4.69, 9.17) is 10.00 Å². The van der Waals surface area contributed by atoms with Crippen LogP contribution in [0, 0.1) is 18.3 Å².